The largest absolute Gasteiger partial charge is 0.355 e. The van der Waals surface area contributed by atoms with E-state index in [0.29, 0.717) is 18.3 Å². The lowest BCUT2D eigenvalue weighted by atomic mass is 10.0. The molecule has 5 nitrogen and oxygen atoms in total. The number of likely N-dealkylation sites (tertiary alicyclic amines) is 1. The molecule has 1 fully saturated rings. The summed E-state index contributed by atoms with van der Waals surface area (Å²) in [7, 11) is 0.948. The molecule has 0 saturated carbocycles. The number of nitrogens with zero attached hydrogens (tertiary/aromatic N) is 2. The molecule has 1 aromatic rings. The molecule has 0 radical (unpaired) electrons. The van der Waals surface area contributed by atoms with Gasteiger partial charge in [0.15, 0.2) is 5.96 Å². The molecule has 0 bridgehead atoms. The van der Waals surface area contributed by atoms with Gasteiger partial charge in [-0.2, -0.15) is 0 Å². The Bertz CT molecular complexity index is 598. The van der Waals surface area contributed by atoms with E-state index >= 15 is 0 Å². The van der Waals surface area contributed by atoms with E-state index in [1.54, 1.807) is 7.05 Å². The first-order valence-corrected chi connectivity index (χ1v) is 10.8. The average molecular weight is 379 g/mol. The van der Waals surface area contributed by atoms with Crippen LogP contribution in [-0.2, 0) is 17.3 Å². The van der Waals surface area contributed by atoms with Gasteiger partial charge in [0.2, 0.25) is 0 Å². The van der Waals surface area contributed by atoms with E-state index in [2.05, 4.69) is 50.9 Å². The Balaban J connectivity index is 1.77. The van der Waals surface area contributed by atoms with Crippen LogP contribution < -0.4 is 10.6 Å². The van der Waals surface area contributed by atoms with E-state index in [9.17, 15) is 4.21 Å². The Morgan fingerprint density at radius 1 is 1.31 bits per heavy atom. The van der Waals surface area contributed by atoms with Crippen LogP contribution in [0, 0.1) is 0 Å². The molecule has 1 saturated heterocycles. The second kappa shape index (κ2) is 10.1. The third-order valence-corrected chi connectivity index (χ3v) is 6.52. The van der Waals surface area contributed by atoms with Crippen molar-refractivity contribution in [3.05, 3.63) is 35.9 Å². The minimum atomic E-state index is -0.844. The number of nitrogens with one attached hydrogen (secondary N) is 2. The lowest BCUT2D eigenvalue weighted by molar-refractivity contribution is 0.192. The van der Waals surface area contributed by atoms with Crippen LogP contribution in [0.4, 0.5) is 0 Å². The van der Waals surface area contributed by atoms with E-state index in [1.807, 2.05) is 20.8 Å². The first-order chi connectivity index (χ1) is 12.4. The summed E-state index contributed by atoms with van der Waals surface area (Å²) in [6.45, 7) is 9.87. The van der Waals surface area contributed by atoms with Crippen LogP contribution in [0.5, 0.6) is 0 Å². The zero-order valence-electron chi connectivity index (χ0n) is 16.6. The molecule has 0 aliphatic carbocycles. The Morgan fingerprint density at radius 2 is 2.04 bits per heavy atom. The Hall–Kier alpha value is -1.40. The van der Waals surface area contributed by atoms with Crippen molar-refractivity contribution >= 4 is 16.8 Å². The molecule has 2 N–H and O–H groups in total. The summed E-state index contributed by atoms with van der Waals surface area (Å²) in [5.74, 6) is 1.44. The highest BCUT2D eigenvalue weighted by atomic mass is 32.2. The topological polar surface area (TPSA) is 56.7 Å². The molecule has 0 amide bonds. The van der Waals surface area contributed by atoms with Crippen LogP contribution in [0.3, 0.4) is 0 Å². The van der Waals surface area contributed by atoms with Crippen molar-refractivity contribution in [3.8, 4) is 0 Å². The molecule has 146 valence electrons. The van der Waals surface area contributed by atoms with Gasteiger partial charge in [0, 0.05) is 54.0 Å². The molecule has 0 aromatic heterocycles. The van der Waals surface area contributed by atoms with Crippen LogP contribution in [0.15, 0.2) is 35.3 Å². The number of hydrogen-bond donors (Lipinski definition) is 2. The molecule has 0 spiro atoms. The summed E-state index contributed by atoms with van der Waals surface area (Å²) in [6.07, 6.45) is 2.34. The van der Waals surface area contributed by atoms with E-state index in [-0.39, 0.29) is 4.75 Å². The molecule has 6 heteroatoms. The summed E-state index contributed by atoms with van der Waals surface area (Å²) in [5.41, 5.74) is 1.36. The lowest BCUT2D eigenvalue weighted by Crippen LogP contribution is -2.51. The van der Waals surface area contributed by atoms with E-state index < -0.39 is 10.8 Å². The quantitative estimate of drug-likeness (QED) is 0.589. The Labute approximate surface area is 161 Å². The second-order valence-corrected chi connectivity index (χ2v) is 10.2. The molecule has 26 heavy (non-hydrogen) atoms. The fourth-order valence-electron chi connectivity index (χ4n) is 3.11. The Morgan fingerprint density at radius 3 is 2.69 bits per heavy atom. The molecule has 1 aliphatic rings. The smallest absolute Gasteiger partial charge is 0.191 e. The van der Waals surface area contributed by atoms with Gasteiger partial charge in [0.25, 0.3) is 0 Å². The molecule has 2 rings (SSSR count). The minimum Gasteiger partial charge on any atom is -0.355 e. The standard InChI is InChI=1S/C20H34N4OS/c1-20(2,3)26(25)14-12-22-19(21-4)23-18-11-8-13-24(16-18)15-17-9-6-5-7-10-17/h5-7,9-10,18H,8,11-16H2,1-4H3,(H2,21,22,23). The molecule has 1 aromatic carbocycles. The van der Waals surface area contributed by atoms with E-state index in [1.165, 1.54) is 12.0 Å². The van der Waals surface area contributed by atoms with E-state index in [4.69, 9.17) is 0 Å². The molecule has 2 atom stereocenters. The number of aliphatic imine (C=N–C) groups is 1. The van der Waals surface area contributed by atoms with Gasteiger partial charge >= 0.3 is 0 Å². The first kappa shape index (κ1) is 20.9. The highest BCUT2D eigenvalue weighted by Crippen LogP contribution is 2.14. The normalized spacial score (nSPS) is 20.6. The lowest BCUT2D eigenvalue weighted by Gasteiger charge is -2.34. The van der Waals surface area contributed by atoms with Gasteiger partial charge in [-0.1, -0.05) is 30.3 Å². The number of piperidine rings is 1. The van der Waals surface area contributed by atoms with Gasteiger partial charge in [-0.15, -0.1) is 0 Å². The van der Waals surface area contributed by atoms with Crippen molar-refractivity contribution in [2.45, 2.75) is 50.9 Å². The van der Waals surface area contributed by atoms with Crippen LogP contribution in [0.2, 0.25) is 0 Å². The maximum atomic E-state index is 12.1. The number of benzene rings is 1. The molecule has 1 heterocycles. The highest BCUT2D eigenvalue weighted by Gasteiger charge is 2.21. The molecule has 2 unspecified atom stereocenters. The third-order valence-electron chi connectivity index (χ3n) is 4.58. The summed E-state index contributed by atoms with van der Waals surface area (Å²) < 4.78 is 12.0. The highest BCUT2D eigenvalue weighted by molar-refractivity contribution is 7.86. The molecule has 1 aliphatic heterocycles. The third kappa shape index (κ3) is 7.08. The SMILES string of the molecule is CN=C(NCCS(=O)C(C)(C)C)NC1CCCN(Cc2ccccc2)C1. The number of guanidine groups is 1. The average Bonchev–Trinajstić information content (AvgIpc) is 2.61. The fourth-order valence-corrected chi connectivity index (χ4v) is 4.01. The first-order valence-electron chi connectivity index (χ1n) is 9.50. The molecular formula is C20H34N4OS. The summed E-state index contributed by atoms with van der Waals surface area (Å²) in [4.78, 5) is 6.83. The number of rotatable bonds is 6. The van der Waals surface area contributed by atoms with Gasteiger partial charge in [0.05, 0.1) is 0 Å². The summed E-state index contributed by atoms with van der Waals surface area (Å²) >= 11 is 0. The Kier molecular flexibility index (Phi) is 8.10. The maximum absolute atomic E-state index is 12.1. The fraction of sp³-hybridized carbons (Fsp3) is 0.650. The van der Waals surface area contributed by atoms with Gasteiger partial charge < -0.3 is 10.6 Å². The van der Waals surface area contributed by atoms with Gasteiger partial charge in [0.1, 0.15) is 0 Å². The zero-order chi connectivity index (χ0) is 19.0. The maximum Gasteiger partial charge on any atom is 0.191 e. The minimum absolute atomic E-state index is 0.167. The zero-order valence-corrected chi connectivity index (χ0v) is 17.4. The van der Waals surface area contributed by atoms with Crippen LogP contribution in [-0.4, -0.2) is 58.3 Å². The van der Waals surface area contributed by atoms with Crippen LogP contribution >= 0.6 is 0 Å². The van der Waals surface area contributed by atoms with Gasteiger partial charge in [-0.3, -0.25) is 14.1 Å². The predicted molar refractivity (Wildman–Crippen MR) is 112 cm³/mol. The summed E-state index contributed by atoms with van der Waals surface area (Å²) in [5, 5.41) is 6.84. The van der Waals surface area contributed by atoms with Crippen molar-refractivity contribution in [1.82, 2.24) is 15.5 Å². The van der Waals surface area contributed by atoms with Crippen molar-refractivity contribution in [3.63, 3.8) is 0 Å². The summed E-state index contributed by atoms with van der Waals surface area (Å²) in [6, 6.07) is 11.0. The monoisotopic (exact) mass is 378 g/mol. The van der Waals surface area contributed by atoms with Gasteiger partial charge in [-0.05, 0) is 45.7 Å². The van der Waals surface area contributed by atoms with Crippen LogP contribution in [0.1, 0.15) is 39.2 Å². The molecular weight excluding hydrogens is 344 g/mol. The van der Waals surface area contributed by atoms with Crippen molar-refractivity contribution in [2.24, 2.45) is 4.99 Å². The van der Waals surface area contributed by atoms with Crippen molar-refractivity contribution in [2.75, 3.05) is 32.4 Å². The van der Waals surface area contributed by atoms with Gasteiger partial charge in [-0.25, -0.2) is 0 Å². The second-order valence-electron chi connectivity index (χ2n) is 7.87. The van der Waals surface area contributed by atoms with Crippen molar-refractivity contribution in [1.29, 1.82) is 0 Å². The van der Waals surface area contributed by atoms with Crippen molar-refractivity contribution < 1.29 is 4.21 Å². The number of hydrogen-bond acceptors (Lipinski definition) is 3. The van der Waals surface area contributed by atoms with E-state index in [0.717, 1.165) is 32.0 Å². The predicted octanol–water partition coefficient (Wildman–Crippen LogP) is 2.36. The van der Waals surface area contributed by atoms with Crippen LogP contribution in [0.25, 0.3) is 0 Å².